The van der Waals surface area contributed by atoms with Gasteiger partial charge in [-0.05, 0) is 37.5 Å². The monoisotopic (exact) mass is 275 g/mol. The minimum absolute atomic E-state index is 0.0372. The molecule has 1 aliphatic heterocycles. The van der Waals surface area contributed by atoms with E-state index in [1.54, 1.807) is 32.3 Å². The Morgan fingerprint density at radius 1 is 1.05 bits per heavy atom. The zero-order valence-electron chi connectivity index (χ0n) is 12.1. The van der Waals surface area contributed by atoms with Gasteiger partial charge in [-0.25, -0.2) is 0 Å². The summed E-state index contributed by atoms with van der Waals surface area (Å²) in [6.45, 7) is 1.56. The first-order valence-electron chi connectivity index (χ1n) is 6.90. The minimum atomic E-state index is -0.148. The van der Waals surface area contributed by atoms with Gasteiger partial charge in [0.2, 0.25) is 0 Å². The zero-order chi connectivity index (χ0) is 14.7. The molecular weight excluding hydrogens is 254 g/mol. The number of likely N-dealkylation sites (tertiary alicyclic amines) is 1. The summed E-state index contributed by atoms with van der Waals surface area (Å²) in [4.78, 5) is 27.7. The van der Waals surface area contributed by atoms with Crippen molar-refractivity contribution in [2.45, 2.75) is 19.3 Å². The average Bonchev–Trinajstić information content (AvgIpc) is 2.45. The summed E-state index contributed by atoms with van der Waals surface area (Å²) in [5.41, 5.74) is 7.22. The number of rotatable bonds is 2. The lowest BCUT2D eigenvalue weighted by Crippen LogP contribution is -2.35. The summed E-state index contributed by atoms with van der Waals surface area (Å²) in [7, 11) is 3.36. The van der Waals surface area contributed by atoms with Crippen LogP contribution in [0.2, 0.25) is 0 Å². The molecule has 5 heteroatoms. The van der Waals surface area contributed by atoms with E-state index < -0.39 is 0 Å². The van der Waals surface area contributed by atoms with E-state index >= 15 is 0 Å². The first-order chi connectivity index (χ1) is 9.49. The lowest BCUT2D eigenvalue weighted by atomic mass is 10.1. The molecule has 1 heterocycles. The Balaban J connectivity index is 2.27. The number of nitrogen functional groups attached to an aromatic ring is 1. The number of nitrogens with zero attached hydrogens (tertiary/aromatic N) is 2. The first-order valence-corrected chi connectivity index (χ1v) is 6.90. The molecule has 0 aromatic heterocycles. The van der Waals surface area contributed by atoms with E-state index in [2.05, 4.69) is 0 Å². The van der Waals surface area contributed by atoms with Gasteiger partial charge in [0.25, 0.3) is 11.8 Å². The van der Waals surface area contributed by atoms with Gasteiger partial charge < -0.3 is 15.5 Å². The zero-order valence-corrected chi connectivity index (χ0v) is 12.1. The Hall–Kier alpha value is -2.04. The third-order valence-corrected chi connectivity index (χ3v) is 3.50. The highest BCUT2D eigenvalue weighted by atomic mass is 16.2. The van der Waals surface area contributed by atoms with Crippen LogP contribution in [0.15, 0.2) is 18.2 Å². The molecule has 2 rings (SSSR count). The molecule has 0 saturated carbocycles. The summed E-state index contributed by atoms with van der Waals surface area (Å²) in [5.74, 6) is -0.185. The first kappa shape index (κ1) is 14.4. The molecule has 0 atom stereocenters. The Morgan fingerprint density at radius 3 is 2.25 bits per heavy atom. The number of carbonyl (C=O) groups excluding carboxylic acids is 2. The molecule has 5 nitrogen and oxygen atoms in total. The summed E-state index contributed by atoms with van der Waals surface area (Å²) in [5, 5.41) is 0. The molecule has 0 bridgehead atoms. The number of hydrogen-bond acceptors (Lipinski definition) is 3. The number of anilines is 1. The van der Waals surface area contributed by atoms with Crippen molar-refractivity contribution >= 4 is 17.5 Å². The average molecular weight is 275 g/mol. The van der Waals surface area contributed by atoms with Crippen molar-refractivity contribution in [3.05, 3.63) is 29.3 Å². The third kappa shape index (κ3) is 3.10. The number of nitrogens with two attached hydrogens (primary N) is 1. The number of carbonyl (C=O) groups is 2. The molecule has 108 valence electrons. The normalized spacial score (nSPS) is 15.0. The molecule has 1 aliphatic rings. The minimum Gasteiger partial charge on any atom is -0.399 e. The van der Waals surface area contributed by atoms with Gasteiger partial charge in [-0.2, -0.15) is 0 Å². The van der Waals surface area contributed by atoms with E-state index in [1.165, 1.54) is 11.3 Å². The van der Waals surface area contributed by atoms with Gasteiger partial charge in [0.05, 0.1) is 0 Å². The highest BCUT2D eigenvalue weighted by Crippen LogP contribution is 2.18. The van der Waals surface area contributed by atoms with Crippen molar-refractivity contribution in [2.75, 3.05) is 32.9 Å². The predicted octanol–water partition coefficient (Wildman–Crippen LogP) is 1.60. The molecule has 20 heavy (non-hydrogen) atoms. The Kier molecular flexibility index (Phi) is 4.27. The van der Waals surface area contributed by atoms with E-state index in [9.17, 15) is 9.59 Å². The molecule has 1 aromatic carbocycles. The second-order valence-corrected chi connectivity index (χ2v) is 5.40. The van der Waals surface area contributed by atoms with Crippen LogP contribution in [0.25, 0.3) is 0 Å². The van der Waals surface area contributed by atoms with Crippen LogP contribution in [0.3, 0.4) is 0 Å². The van der Waals surface area contributed by atoms with Gasteiger partial charge in [-0.15, -0.1) is 0 Å². The lowest BCUT2D eigenvalue weighted by Gasteiger charge is -2.27. The topological polar surface area (TPSA) is 66.6 Å². The van der Waals surface area contributed by atoms with E-state index in [0.29, 0.717) is 16.8 Å². The highest BCUT2D eigenvalue weighted by Gasteiger charge is 2.20. The van der Waals surface area contributed by atoms with Crippen LogP contribution in [-0.4, -0.2) is 48.8 Å². The van der Waals surface area contributed by atoms with Crippen LogP contribution in [0, 0.1) is 0 Å². The largest absolute Gasteiger partial charge is 0.399 e. The van der Waals surface area contributed by atoms with Crippen LogP contribution in [0.4, 0.5) is 5.69 Å². The van der Waals surface area contributed by atoms with Crippen LogP contribution in [0.1, 0.15) is 40.0 Å². The van der Waals surface area contributed by atoms with Crippen LogP contribution < -0.4 is 5.73 Å². The van der Waals surface area contributed by atoms with Gasteiger partial charge >= 0.3 is 0 Å². The summed E-state index contributed by atoms with van der Waals surface area (Å²) in [6, 6.07) is 4.88. The van der Waals surface area contributed by atoms with E-state index in [0.717, 1.165) is 25.9 Å². The van der Waals surface area contributed by atoms with Gasteiger partial charge in [-0.3, -0.25) is 9.59 Å². The fourth-order valence-corrected chi connectivity index (χ4v) is 2.44. The van der Waals surface area contributed by atoms with Crippen molar-refractivity contribution in [3.63, 3.8) is 0 Å². The van der Waals surface area contributed by atoms with Crippen molar-refractivity contribution < 1.29 is 9.59 Å². The molecular formula is C15H21N3O2. The molecule has 0 spiro atoms. The lowest BCUT2D eigenvalue weighted by molar-refractivity contribution is 0.0724. The third-order valence-electron chi connectivity index (χ3n) is 3.50. The summed E-state index contributed by atoms with van der Waals surface area (Å²) >= 11 is 0. The maximum absolute atomic E-state index is 12.4. The number of hydrogen-bond donors (Lipinski definition) is 1. The Labute approximate surface area is 119 Å². The van der Waals surface area contributed by atoms with E-state index in [1.807, 2.05) is 4.90 Å². The molecule has 0 aliphatic carbocycles. The number of benzene rings is 1. The fraction of sp³-hybridized carbons (Fsp3) is 0.467. The number of amides is 2. The maximum Gasteiger partial charge on any atom is 0.253 e. The van der Waals surface area contributed by atoms with E-state index in [4.69, 9.17) is 5.73 Å². The molecule has 0 radical (unpaired) electrons. The molecule has 0 unspecified atom stereocenters. The molecule has 2 amide bonds. The predicted molar refractivity (Wildman–Crippen MR) is 78.6 cm³/mol. The highest BCUT2D eigenvalue weighted by molar-refractivity contribution is 6.00. The van der Waals surface area contributed by atoms with Gasteiger partial charge in [0.15, 0.2) is 0 Å². The van der Waals surface area contributed by atoms with Gasteiger partial charge in [-0.1, -0.05) is 0 Å². The smallest absolute Gasteiger partial charge is 0.253 e. The molecule has 1 fully saturated rings. The van der Waals surface area contributed by atoms with Crippen molar-refractivity contribution in [1.82, 2.24) is 9.80 Å². The summed E-state index contributed by atoms with van der Waals surface area (Å²) < 4.78 is 0. The maximum atomic E-state index is 12.4. The molecule has 1 saturated heterocycles. The number of piperidine rings is 1. The van der Waals surface area contributed by atoms with Crippen molar-refractivity contribution in [1.29, 1.82) is 0 Å². The van der Waals surface area contributed by atoms with Gasteiger partial charge in [0, 0.05) is 44.0 Å². The quantitative estimate of drug-likeness (QED) is 0.834. The Bertz CT molecular complexity index is 520. The van der Waals surface area contributed by atoms with Crippen molar-refractivity contribution in [3.8, 4) is 0 Å². The molecule has 2 N–H and O–H groups in total. The summed E-state index contributed by atoms with van der Waals surface area (Å²) in [6.07, 6.45) is 3.25. The Morgan fingerprint density at radius 2 is 1.65 bits per heavy atom. The second kappa shape index (κ2) is 5.94. The van der Waals surface area contributed by atoms with Crippen LogP contribution in [-0.2, 0) is 0 Å². The second-order valence-electron chi connectivity index (χ2n) is 5.40. The van der Waals surface area contributed by atoms with Crippen molar-refractivity contribution in [2.24, 2.45) is 0 Å². The fourth-order valence-electron chi connectivity index (χ4n) is 2.44. The van der Waals surface area contributed by atoms with E-state index in [-0.39, 0.29) is 11.8 Å². The van der Waals surface area contributed by atoms with Crippen LogP contribution >= 0.6 is 0 Å². The SMILES string of the molecule is CN(C)C(=O)c1cc(N)cc(C(=O)N2CCCCC2)c1. The standard InChI is InChI=1S/C15H21N3O2/c1-17(2)14(19)11-8-12(10-13(16)9-11)15(20)18-6-4-3-5-7-18/h8-10H,3-7,16H2,1-2H3. The van der Waals surface area contributed by atoms with Crippen LogP contribution in [0.5, 0.6) is 0 Å². The van der Waals surface area contributed by atoms with Gasteiger partial charge in [0.1, 0.15) is 0 Å². The molecule has 1 aromatic rings.